The van der Waals surface area contributed by atoms with E-state index in [1.54, 1.807) is 6.92 Å². The van der Waals surface area contributed by atoms with Gasteiger partial charge in [0.1, 0.15) is 5.82 Å². The van der Waals surface area contributed by atoms with Crippen LogP contribution < -0.4 is 26.1 Å². The van der Waals surface area contributed by atoms with E-state index >= 15 is 0 Å². The average Bonchev–Trinajstić information content (AvgIpc) is 2.79. The second-order valence-electron chi connectivity index (χ2n) is 5.36. The summed E-state index contributed by atoms with van der Waals surface area (Å²) >= 11 is 0. The minimum atomic E-state index is -0.213. The average molecular weight is 329 g/mol. The van der Waals surface area contributed by atoms with Crippen LogP contribution in [0.3, 0.4) is 0 Å². The molecular weight excluding hydrogens is 310 g/mol. The maximum absolute atomic E-state index is 11.7. The van der Waals surface area contributed by atoms with E-state index < -0.39 is 0 Å². The fraction of sp³-hybridized carbons (Fsp3) is 0.312. The normalized spacial score (nSPS) is 14.1. The monoisotopic (exact) mass is 329 g/mol. The molecular formula is C16H19N5O3. The predicted octanol–water partition coefficient (Wildman–Crippen LogP) is 1.17. The lowest BCUT2D eigenvalue weighted by Gasteiger charge is -2.10. The molecule has 2 aromatic rings. The molecule has 0 fully saturated rings. The first-order valence-electron chi connectivity index (χ1n) is 7.63. The molecule has 8 heteroatoms. The minimum Gasteiger partial charge on any atom is -0.490 e. The fourth-order valence-electron chi connectivity index (χ4n) is 2.22. The number of nitrogens with two attached hydrogens (primary N) is 1. The van der Waals surface area contributed by atoms with Crippen molar-refractivity contribution in [1.29, 1.82) is 0 Å². The third kappa shape index (κ3) is 3.83. The van der Waals surface area contributed by atoms with E-state index in [1.807, 2.05) is 18.2 Å². The number of hydrogen-bond acceptors (Lipinski definition) is 5. The molecule has 1 aliphatic rings. The van der Waals surface area contributed by atoms with Crippen molar-refractivity contribution >= 4 is 11.6 Å². The molecule has 8 nitrogen and oxygen atoms in total. The maximum atomic E-state index is 11.7. The predicted molar refractivity (Wildman–Crippen MR) is 90.6 cm³/mol. The summed E-state index contributed by atoms with van der Waals surface area (Å²) in [6, 6.07) is 5.46. The van der Waals surface area contributed by atoms with Crippen molar-refractivity contribution in [2.24, 2.45) is 10.7 Å². The minimum absolute atomic E-state index is 0.145. The highest BCUT2D eigenvalue weighted by Crippen LogP contribution is 2.32. The van der Waals surface area contributed by atoms with Crippen LogP contribution in [-0.4, -0.2) is 29.1 Å². The zero-order valence-electron chi connectivity index (χ0n) is 13.3. The van der Waals surface area contributed by atoms with Crippen molar-refractivity contribution in [1.82, 2.24) is 9.97 Å². The number of nitrogens with zero attached hydrogens (tertiary/aromatic N) is 2. The number of aromatic nitrogens is 2. The number of aliphatic imine (C=N–C) groups is 1. The number of fused-ring (bicyclic) bond motifs is 1. The van der Waals surface area contributed by atoms with Crippen LogP contribution in [0.15, 0.2) is 34.2 Å². The molecule has 2 heterocycles. The smallest absolute Gasteiger partial charge is 0.255 e. The summed E-state index contributed by atoms with van der Waals surface area (Å²) in [6.45, 7) is 3.12. The van der Waals surface area contributed by atoms with Crippen LogP contribution in [-0.2, 0) is 6.54 Å². The second-order valence-corrected chi connectivity index (χ2v) is 5.36. The number of hydrogen-bond donors (Lipinski definition) is 3. The SMILES string of the molecule is Cc1ncc(CN=C(N)Nc2ccc3c(c2)OCCCO3)c(=O)[nH]1. The number of H-pyrrole nitrogens is 1. The Kier molecular flexibility index (Phi) is 4.64. The molecule has 4 N–H and O–H groups in total. The Morgan fingerprint density at radius 3 is 2.96 bits per heavy atom. The topological polar surface area (TPSA) is 115 Å². The molecule has 126 valence electrons. The van der Waals surface area contributed by atoms with E-state index in [9.17, 15) is 4.79 Å². The molecule has 3 rings (SSSR count). The summed E-state index contributed by atoms with van der Waals surface area (Å²) in [5.74, 6) is 2.14. The first kappa shape index (κ1) is 15.9. The van der Waals surface area contributed by atoms with Crippen LogP contribution in [0.5, 0.6) is 11.5 Å². The molecule has 0 spiro atoms. The fourth-order valence-corrected chi connectivity index (χ4v) is 2.22. The molecule has 0 radical (unpaired) electrons. The van der Waals surface area contributed by atoms with Gasteiger partial charge in [0.05, 0.1) is 25.3 Å². The van der Waals surface area contributed by atoms with Gasteiger partial charge in [0.2, 0.25) is 0 Å². The first-order chi connectivity index (χ1) is 11.6. The molecule has 0 amide bonds. The zero-order valence-corrected chi connectivity index (χ0v) is 13.3. The van der Waals surface area contributed by atoms with Crippen molar-refractivity contribution in [2.45, 2.75) is 19.9 Å². The van der Waals surface area contributed by atoms with E-state index in [0.717, 1.165) is 12.1 Å². The second kappa shape index (κ2) is 7.03. The van der Waals surface area contributed by atoms with Gasteiger partial charge in [0.15, 0.2) is 17.5 Å². The third-order valence-corrected chi connectivity index (χ3v) is 3.44. The molecule has 1 aromatic heterocycles. The van der Waals surface area contributed by atoms with Crippen molar-refractivity contribution < 1.29 is 9.47 Å². The van der Waals surface area contributed by atoms with Gasteiger partial charge in [0.25, 0.3) is 5.56 Å². The number of anilines is 1. The Morgan fingerprint density at radius 1 is 1.38 bits per heavy atom. The van der Waals surface area contributed by atoms with E-state index in [2.05, 4.69) is 20.3 Å². The lowest BCUT2D eigenvalue weighted by Crippen LogP contribution is -2.23. The Labute approximate surface area is 138 Å². The molecule has 0 aliphatic carbocycles. The number of ether oxygens (including phenoxy) is 2. The molecule has 1 aliphatic heterocycles. The van der Waals surface area contributed by atoms with E-state index in [0.29, 0.717) is 36.1 Å². The van der Waals surface area contributed by atoms with Gasteiger partial charge in [-0.05, 0) is 19.1 Å². The Bertz CT molecular complexity index is 816. The highest BCUT2D eigenvalue weighted by atomic mass is 16.5. The van der Waals surface area contributed by atoms with Crippen LogP contribution >= 0.6 is 0 Å². The summed E-state index contributed by atoms with van der Waals surface area (Å²) in [5, 5.41) is 2.97. The lowest BCUT2D eigenvalue weighted by molar-refractivity contribution is 0.297. The summed E-state index contributed by atoms with van der Waals surface area (Å²) in [5.41, 5.74) is 6.84. The van der Waals surface area contributed by atoms with Crippen LogP contribution in [0, 0.1) is 6.92 Å². The summed E-state index contributed by atoms with van der Waals surface area (Å²) in [7, 11) is 0. The zero-order chi connectivity index (χ0) is 16.9. The van der Waals surface area contributed by atoms with Gasteiger partial charge in [-0.15, -0.1) is 0 Å². The lowest BCUT2D eigenvalue weighted by atomic mass is 10.3. The Balaban J connectivity index is 1.69. The van der Waals surface area contributed by atoms with Gasteiger partial charge >= 0.3 is 0 Å². The summed E-state index contributed by atoms with van der Waals surface area (Å²) in [4.78, 5) is 22.6. The quantitative estimate of drug-likeness (QED) is 0.575. The summed E-state index contributed by atoms with van der Waals surface area (Å²) in [6.07, 6.45) is 2.35. The van der Waals surface area contributed by atoms with Crippen LogP contribution in [0.25, 0.3) is 0 Å². The van der Waals surface area contributed by atoms with Gasteiger partial charge in [-0.25, -0.2) is 9.98 Å². The molecule has 0 saturated carbocycles. The molecule has 0 atom stereocenters. The van der Waals surface area contributed by atoms with Gasteiger partial charge in [0, 0.05) is 24.4 Å². The number of aryl methyl sites for hydroxylation is 1. The van der Waals surface area contributed by atoms with Gasteiger partial charge in [-0.2, -0.15) is 0 Å². The van der Waals surface area contributed by atoms with Gasteiger partial charge in [-0.3, -0.25) is 4.79 Å². The van der Waals surface area contributed by atoms with Crippen LogP contribution in [0.2, 0.25) is 0 Å². The Morgan fingerprint density at radius 2 is 2.17 bits per heavy atom. The van der Waals surface area contributed by atoms with Crippen LogP contribution in [0.4, 0.5) is 5.69 Å². The third-order valence-electron chi connectivity index (χ3n) is 3.44. The highest BCUT2D eigenvalue weighted by molar-refractivity contribution is 5.92. The van der Waals surface area contributed by atoms with Crippen molar-refractivity contribution in [3.8, 4) is 11.5 Å². The Hall–Kier alpha value is -3.03. The molecule has 24 heavy (non-hydrogen) atoms. The largest absolute Gasteiger partial charge is 0.490 e. The number of nitrogens with one attached hydrogen (secondary N) is 2. The molecule has 1 aromatic carbocycles. The number of rotatable bonds is 3. The van der Waals surface area contributed by atoms with Crippen molar-refractivity contribution in [3.05, 3.63) is 46.1 Å². The first-order valence-corrected chi connectivity index (χ1v) is 7.63. The molecule has 0 saturated heterocycles. The molecule has 0 unspecified atom stereocenters. The van der Waals surface area contributed by atoms with E-state index in [1.165, 1.54) is 6.20 Å². The van der Waals surface area contributed by atoms with E-state index in [-0.39, 0.29) is 18.1 Å². The maximum Gasteiger partial charge on any atom is 0.255 e. The summed E-state index contributed by atoms with van der Waals surface area (Å²) < 4.78 is 11.2. The molecule has 0 bridgehead atoms. The van der Waals surface area contributed by atoms with Crippen molar-refractivity contribution in [3.63, 3.8) is 0 Å². The number of benzene rings is 1. The number of aromatic amines is 1. The van der Waals surface area contributed by atoms with Gasteiger partial charge in [-0.1, -0.05) is 0 Å². The highest BCUT2D eigenvalue weighted by Gasteiger charge is 2.11. The van der Waals surface area contributed by atoms with E-state index in [4.69, 9.17) is 15.2 Å². The standard InChI is InChI=1S/C16H19N5O3/c1-10-18-8-11(15(22)20-10)9-19-16(17)21-12-3-4-13-14(7-12)24-6-2-5-23-13/h3-4,7-8H,2,5-6,9H2,1H3,(H3,17,19,21)(H,18,20,22). The van der Waals surface area contributed by atoms with Crippen molar-refractivity contribution in [2.75, 3.05) is 18.5 Å². The van der Waals surface area contributed by atoms with Crippen LogP contribution in [0.1, 0.15) is 17.8 Å². The number of guanidine groups is 1. The van der Waals surface area contributed by atoms with Gasteiger partial charge < -0.3 is 25.5 Å².